The molecule has 0 aliphatic rings. The Hall–Kier alpha value is -3.39. The highest BCUT2D eigenvalue weighted by molar-refractivity contribution is 7.99. The van der Waals surface area contributed by atoms with Gasteiger partial charge in [-0.25, -0.2) is 0 Å². The molecule has 0 atom stereocenters. The van der Waals surface area contributed by atoms with Gasteiger partial charge in [0.05, 0.1) is 11.4 Å². The predicted molar refractivity (Wildman–Crippen MR) is 110 cm³/mol. The molecule has 0 unspecified atom stereocenters. The lowest BCUT2D eigenvalue weighted by atomic mass is 10.1. The Kier molecular flexibility index (Phi) is 4.94. The van der Waals surface area contributed by atoms with Gasteiger partial charge in [-0.3, -0.25) is 19.0 Å². The van der Waals surface area contributed by atoms with Crippen LogP contribution in [0.25, 0.3) is 17.0 Å². The largest absolute Gasteiger partial charge is 0.325 e. The van der Waals surface area contributed by atoms with Gasteiger partial charge < -0.3 is 5.32 Å². The van der Waals surface area contributed by atoms with Crippen LogP contribution >= 0.6 is 11.8 Å². The van der Waals surface area contributed by atoms with Gasteiger partial charge >= 0.3 is 0 Å². The van der Waals surface area contributed by atoms with E-state index in [4.69, 9.17) is 0 Å². The smallest absolute Gasteiger partial charge is 0.252 e. The van der Waals surface area contributed by atoms with E-state index in [-0.39, 0.29) is 17.2 Å². The number of benzene rings is 2. The number of H-pyrrole nitrogens is 1. The first-order valence-corrected chi connectivity index (χ1v) is 9.62. The molecule has 8 heteroatoms. The molecule has 4 aromatic rings. The fourth-order valence-corrected chi connectivity index (χ4v) is 3.53. The summed E-state index contributed by atoms with van der Waals surface area (Å²) in [6, 6.07) is 18.6. The second kappa shape index (κ2) is 7.69. The van der Waals surface area contributed by atoms with E-state index in [0.717, 1.165) is 16.8 Å². The van der Waals surface area contributed by atoms with E-state index >= 15 is 0 Å². The summed E-state index contributed by atoms with van der Waals surface area (Å²) in [7, 11) is 0. The fourth-order valence-electron chi connectivity index (χ4n) is 2.78. The average Bonchev–Trinajstić information content (AvgIpc) is 3.11. The van der Waals surface area contributed by atoms with Gasteiger partial charge in [-0.2, -0.15) is 0 Å². The molecule has 0 aliphatic heterocycles. The highest BCUT2D eigenvalue weighted by atomic mass is 32.2. The number of thioether (sulfide) groups is 1. The average molecular weight is 391 g/mol. The first-order chi connectivity index (χ1) is 13.6. The van der Waals surface area contributed by atoms with Gasteiger partial charge in [-0.05, 0) is 24.6 Å². The lowest BCUT2D eigenvalue weighted by Crippen LogP contribution is -2.14. The first kappa shape index (κ1) is 18.0. The second-order valence-electron chi connectivity index (χ2n) is 6.23. The van der Waals surface area contributed by atoms with Gasteiger partial charge in [0.15, 0.2) is 5.16 Å². The molecule has 1 amide bonds. The number of aryl methyl sites for hydroxylation is 1. The lowest BCUT2D eigenvalue weighted by Gasteiger charge is -2.08. The normalized spacial score (nSPS) is 10.9. The van der Waals surface area contributed by atoms with E-state index in [1.54, 1.807) is 4.40 Å². The highest BCUT2D eigenvalue weighted by Gasteiger charge is 2.14. The van der Waals surface area contributed by atoms with E-state index in [0.29, 0.717) is 16.6 Å². The second-order valence-corrected chi connectivity index (χ2v) is 7.17. The van der Waals surface area contributed by atoms with E-state index in [1.165, 1.54) is 17.8 Å². The minimum Gasteiger partial charge on any atom is -0.325 e. The monoisotopic (exact) mass is 391 g/mol. The molecule has 2 aromatic carbocycles. The van der Waals surface area contributed by atoms with E-state index in [2.05, 4.69) is 20.5 Å². The number of aromatic nitrogens is 4. The zero-order valence-corrected chi connectivity index (χ0v) is 15.9. The molecule has 2 N–H and O–H groups in total. The molecular weight excluding hydrogens is 374 g/mol. The first-order valence-electron chi connectivity index (χ1n) is 8.63. The van der Waals surface area contributed by atoms with Crippen LogP contribution in [0.5, 0.6) is 0 Å². The molecule has 28 heavy (non-hydrogen) atoms. The van der Waals surface area contributed by atoms with Crippen LogP contribution < -0.4 is 10.9 Å². The standard InChI is InChI=1S/C20H17N5O2S/c1-13-7-9-15(10-8-13)21-18(27)12-28-20-24-23-19-22-17(26)11-16(25(19)20)14-5-3-2-4-6-14/h2-11H,12H2,1H3,(H,21,27)(H,22,23,26). The summed E-state index contributed by atoms with van der Waals surface area (Å²) >= 11 is 1.26. The lowest BCUT2D eigenvalue weighted by molar-refractivity contribution is -0.113. The van der Waals surface area contributed by atoms with Crippen LogP contribution in [0.15, 0.2) is 70.6 Å². The summed E-state index contributed by atoms with van der Waals surface area (Å²) in [5.74, 6) is 0.367. The number of anilines is 1. The quantitative estimate of drug-likeness (QED) is 0.510. The molecular formula is C20H17N5O2S. The number of amides is 1. The number of nitrogens with one attached hydrogen (secondary N) is 2. The SMILES string of the molecule is Cc1ccc(NC(=O)CSc2nnc3[nH]c(=O)cc(-c4ccccc4)n23)cc1. The summed E-state index contributed by atoms with van der Waals surface area (Å²) in [4.78, 5) is 26.9. The number of aromatic amines is 1. The molecule has 0 saturated heterocycles. The van der Waals surface area contributed by atoms with Gasteiger partial charge in [-0.15, -0.1) is 10.2 Å². The van der Waals surface area contributed by atoms with Crippen molar-refractivity contribution in [2.24, 2.45) is 0 Å². The summed E-state index contributed by atoms with van der Waals surface area (Å²) in [6.07, 6.45) is 0. The molecule has 140 valence electrons. The van der Waals surface area contributed by atoms with Crippen molar-refractivity contribution in [3.05, 3.63) is 76.6 Å². The van der Waals surface area contributed by atoms with Crippen molar-refractivity contribution < 1.29 is 4.79 Å². The Labute approximate surface area is 164 Å². The molecule has 0 spiro atoms. The molecule has 2 aromatic heterocycles. The third kappa shape index (κ3) is 3.81. The van der Waals surface area contributed by atoms with Crippen molar-refractivity contribution in [1.82, 2.24) is 19.6 Å². The number of hydrogen-bond acceptors (Lipinski definition) is 5. The van der Waals surface area contributed by atoms with E-state index < -0.39 is 0 Å². The zero-order chi connectivity index (χ0) is 19.5. The Morgan fingerprint density at radius 1 is 1.11 bits per heavy atom. The molecule has 4 rings (SSSR count). The molecule has 0 aliphatic carbocycles. The van der Waals surface area contributed by atoms with Crippen molar-refractivity contribution in [1.29, 1.82) is 0 Å². The van der Waals surface area contributed by atoms with Crippen LogP contribution in [0, 0.1) is 6.92 Å². The maximum absolute atomic E-state index is 12.3. The van der Waals surface area contributed by atoms with Crippen LogP contribution in [0.4, 0.5) is 5.69 Å². The third-order valence-electron chi connectivity index (χ3n) is 4.11. The van der Waals surface area contributed by atoms with Crippen molar-refractivity contribution in [2.75, 3.05) is 11.1 Å². The molecule has 2 heterocycles. The molecule has 0 bridgehead atoms. The Bertz CT molecular complexity index is 1180. The number of hydrogen-bond donors (Lipinski definition) is 2. The summed E-state index contributed by atoms with van der Waals surface area (Å²) < 4.78 is 1.75. The Balaban J connectivity index is 1.58. The van der Waals surface area contributed by atoms with Gasteiger partial charge in [0, 0.05) is 11.8 Å². The minimum absolute atomic E-state index is 0.142. The Morgan fingerprint density at radius 2 is 1.86 bits per heavy atom. The summed E-state index contributed by atoms with van der Waals surface area (Å²) in [5, 5.41) is 11.6. The van der Waals surface area contributed by atoms with Gasteiger partial charge in [0.25, 0.3) is 5.56 Å². The molecule has 0 saturated carbocycles. The van der Waals surface area contributed by atoms with E-state index in [9.17, 15) is 9.59 Å². The molecule has 7 nitrogen and oxygen atoms in total. The van der Waals surface area contributed by atoms with Crippen LogP contribution in [0.2, 0.25) is 0 Å². The summed E-state index contributed by atoms with van der Waals surface area (Å²) in [5.41, 5.74) is 3.16. The maximum atomic E-state index is 12.3. The van der Waals surface area contributed by atoms with Crippen molar-refractivity contribution in [2.45, 2.75) is 12.1 Å². The maximum Gasteiger partial charge on any atom is 0.252 e. The number of carbonyl (C=O) groups excluding carboxylic acids is 1. The number of nitrogens with zero attached hydrogens (tertiary/aromatic N) is 3. The van der Waals surface area contributed by atoms with Crippen LogP contribution in [0.3, 0.4) is 0 Å². The minimum atomic E-state index is -0.257. The summed E-state index contributed by atoms with van der Waals surface area (Å²) in [6.45, 7) is 1.99. The van der Waals surface area contributed by atoms with Gasteiger partial charge in [0.1, 0.15) is 0 Å². The predicted octanol–water partition coefficient (Wildman–Crippen LogP) is 3.12. The van der Waals surface area contributed by atoms with E-state index in [1.807, 2.05) is 61.5 Å². The van der Waals surface area contributed by atoms with Crippen LogP contribution in [-0.4, -0.2) is 31.2 Å². The number of carbonyl (C=O) groups is 1. The van der Waals surface area contributed by atoms with Crippen molar-refractivity contribution >= 4 is 29.1 Å². The topological polar surface area (TPSA) is 92.2 Å². The van der Waals surface area contributed by atoms with Crippen molar-refractivity contribution in [3.63, 3.8) is 0 Å². The third-order valence-corrected chi connectivity index (χ3v) is 5.04. The fraction of sp³-hybridized carbons (Fsp3) is 0.100. The highest BCUT2D eigenvalue weighted by Crippen LogP contribution is 2.24. The molecule has 0 radical (unpaired) electrons. The number of rotatable bonds is 5. The number of fused-ring (bicyclic) bond motifs is 1. The van der Waals surface area contributed by atoms with Crippen molar-refractivity contribution in [3.8, 4) is 11.3 Å². The zero-order valence-electron chi connectivity index (χ0n) is 15.0. The molecule has 0 fully saturated rings. The van der Waals surface area contributed by atoms with Crippen LogP contribution in [0.1, 0.15) is 5.56 Å². The van der Waals surface area contributed by atoms with Gasteiger partial charge in [-0.1, -0.05) is 59.8 Å². The van der Waals surface area contributed by atoms with Gasteiger partial charge in [0.2, 0.25) is 11.7 Å². The Morgan fingerprint density at radius 3 is 2.61 bits per heavy atom. The van der Waals surface area contributed by atoms with Crippen LogP contribution in [-0.2, 0) is 4.79 Å².